The lowest BCUT2D eigenvalue weighted by atomic mass is 9.67. The third-order valence-electron chi connectivity index (χ3n) is 15.2. The summed E-state index contributed by atoms with van der Waals surface area (Å²) in [5.41, 5.74) is 24.1. The van der Waals surface area contributed by atoms with Crippen LogP contribution in [0.15, 0.2) is 176 Å². The molecule has 0 saturated carbocycles. The zero-order valence-corrected chi connectivity index (χ0v) is 39.2. The molecule has 8 aromatic rings. The van der Waals surface area contributed by atoms with Crippen molar-refractivity contribution in [2.24, 2.45) is 0 Å². The molecular weight excluding hydrogens is 771 g/mol. The van der Waals surface area contributed by atoms with Crippen LogP contribution in [0, 0.1) is 0 Å². The smallest absolute Gasteiger partial charge is 0.0714 e. The first-order valence-corrected chi connectivity index (χ1v) is 23.3. The highest BCUT2D eigenvalue weighted by Crippen LogP contribution is 2.60. The van der Waals surface area contributed by atoms with E-state index in [-0.39, 0.29) is 21.7 Å². The van der Waals surface area contributed by atoms with Gasteiger partial charge in [0.05, 0.1) is 11.1 Å². The van der Waals surface area contributed by atoms with E-state index in [0.717, 1.165) is 5.69 Å². The Hall–Kier alpha value is -6.44. The van der Waals surface area contributed by atoms with Crippen molar-refractivity contribution < 1.29 is 0 Å². The lowest BCUT2D eigenvalue weighted by Crippen LogP contribution is -2.29. The summed E-state index contributed by atoms with van der Waals surface area (Å²) in [6.45, 7) is 24.0. The van der Waals surface area contributed by atoms with E-state index < -0.39 is 5.41 Å². The van der Waals surface area contributed by atoms with Gasteiger partial charge in [0.15, 0.2) is 0 Å². The first kappa shape index (κ1) is 40.3. The number of rotatable bonds is 5. The largest absolute Gasteiger partial charge is 0.310 e. The van der Waals surface area contributed by atoms with Gasteiger partial charge in [0.2, 0.25) is 0 Å². The molecule has 0 unspecified atom stereocenters. The second kappa shape index (κ2) is 13.8. The van der Waals surface area contributed by atoms with E-state index in [9.17, 15) is 0 Å². The van der Waals surface area contributed by atoms with E-state index in [4.69, 9.17) is 0 Å². The monoisotopic (exact) mass is 829 g/mol. The molecule has 0 radical (unpaired) electrons. The van der Waals surface area contributed by atoms with Crippen LogP contribution in [0.1, 0.15) is 125 Å². The zero-order valence-electron chi connectivity index (χ0n) is 39.2. The molecule has 316 valence electrons. The average Bonchev–Trinajstić information content (AvgIpc) is 3.81. The maximum Gasteiger partial charge on any atom is 0.0714 e. The van der Waals surface area contributed by atoms with Crippen molar-refractivity contribution >= 4 is 17.1 Å². The van der Waals surface area contributed by atoms with Gasteiger partial charge < -0.3 is 4.90 Å². The standard InChI is InChI=1S/C63H59N/c1-59(2,3)42-37-50-49-29-21-33-56(58(49)62(9,10)57(50)55(38-42)60(4,5)6)64(44-34-35-48-45-26-14-17-30-51(45)61(7,8)54(48)39-44)43-25-20-24-41(36-43)63(40-22-12-11-13-23-40)52-31-18-15-27-46(52)47-28-16-19-32-53(47)63/h11-39H,1-10H3. The van der Waals surface area contributed by atoms with Gasteiger partial charge in [-0.1, -0.05) is 215 Å². The summed E-state index contributed by atoms with van der Waals surface area (Å²) in [7, 11) is 0. The summed E-state index contributed by atoms with van der Waals surface area (Å²) in [5.74, 6) is 0. The molecule has 3 aliphatic carbocycles. The molecule has 0 aliphatic heterocycles. The SMILES string of the molecule is CC(C)(C)c1cc2c(c(C(C)(C)C)c1)C(C)(C)c1c-2cccc1N(c1cccc(C2(c3ccccc3)c3ccccc3-c3ccccc32)c1)c1ccc2c(c1)C(C)(C)c1ccccc1-2. The van der Waals surface area contributed by atoms with Crippen molar-refractivity contribution in [2.75, 3.05) is 4.90 Å². The van der Waals surface area contributed by atoms with Crippen molar-refractivity contribution in [1.29, 1.82) is 0 Å². The molecule has 11 rings (SSSR count). The molecule has 1 nitrogen and oxygen atoms in total. The minimum Gasteiger partial charge on any atom is -0.310 e. The van der Waals surface area contributed by atoms with Gasteiger partial charge in [-0.15, -0.1) is 0 Å². The summed E-state index contributed by atoms with van der Waals surface area (Å²) in [4.78, 5) is 2.60. The summed E-state index contributed by atoms with van der Waals surface area (Å²) in [5, 5.41) is 0. The van der Waals surface area contributed by atoms with Crippen LogP contribution in [-0.4, -0.2) is 0 Å². The van der Waals surface area contributed by atoms with E-state index in [1.807, 2.05) is 0 Å². The van der Waals surface area contributed by atoms with Gasteiger partial charge >= 0.3 is 0 Å². The number of hydrogen-bond donors (Lipinski definition) is 0. The van der Waals surface area contributed by atoms with Gasteiger partial charge in [0.25, 0.3) is 0 Å². The van der Waals surface area contributed by atoms with Gasteiger partial charge in [0, 0.05) is 22.2 Å². The molecule has 8 aromatic carbocycles. The maximum atomic E-state index is 2.60. The van der Waals surface area contributed by atoms with Gasteiger partial charge in [-0.3, -0.25) is 0 Å². The van der Waals surface area contributed by atoms with E-state index in [2.05, 4.69) is 250 Å². The summed E-state index contributed by atoms with van der Waals surface area (Å²) < 4.78 is 0. The molecule has 0 bridgehead atoms. The second-order valence-electron chi connectivity index (χ2n) is 21.8. The summed E-state index contributed by atoms with van der Waals surface area (Å²) >= 11 is 0. The van der Waals surface area contributed by atoms with Crippen molar-refractivity contribution in [3.8, 4) is 33.4 Å². The Kier molecular flexibility index (Phi) is 8.69. The first-order valence-electron chi connectivity index (χ1n) is 23.3. The molecular formula is C63H59N. The number of fused-ring (bicyclic) bond motifs is 9. The Labute approximate surface area is 381 Å². The molecule has 0 N–H and O–H groups in total. The van der Waals surface area contributed by atoms with Crippen LogP contribution in [-0.2, 0) is 27.1 Å². The van der Waals surface area contributed by atoms with Gasteiger partial charge in [-0.25, -0.2) is 0 Å². The van der Waals surface area contributed by atoms with Crippen LogP contribution in [0.4, 0.5) is 17.1 Å². The van der Waals surface area contributed by atoms with Gasteiger partial charge in [0.1, 0.15) is 0 Å². The van der Waals surface area contributed by atoms with Crippen LogP contribution in [0.3, 0.4) is 0 Å². The lowest BCUT2D eigenvalue weighted by Gasteiger charge is -2.37. The highest BCUT2D eigenvalue weighted by atomic mass is 15.1. The topological polar surface area (TPSA) is 3.24 Å². The summed E-state index contributed by atoms with van der Waals surface area (Å²) in [6, 6.07) is 67.2. The number of anilines is 3. The van der Waals surface area contributed by atoms with Crippen LogP contribution in [0.5, 0.6) is 0 Å². The van der Waals surface area contributed by atoms with Crippen LogP contribution >= 0.6 is 0 Å². The highest BCUT2D eigenvalue weighted by Gasteiger charge is 2.47. The first-order chi connectivity index (χ1) is 30.5. The molecule has 0 atom stereocenters. The quantitative estimate of drug-likeness (QED) is 0.167. The Bertz CT molecular complexity index is 3130. The Morgan fingerprint density at radius 2 is 0.891 bits per heavy atom. The maximum absolute atomic E-state index is 2.60. The third kappa shape index (κ3) is 5.62. The molecule has 0 saturated heterocycles. The molecule has 64 heavy (non-hydrogen) atoms. The van der Waals surface area contributed by atoms with Crippen molar-refractivity contribution in [3.63, 3.8) is 0 Å². The molecule has 0 spiro atoms. The minimum atomic E-state index is -0.517. The van der Waals surface area contributed by atoms with Crippen LogP contribution in [0.25, 0.3) is 33.4 Å². The van der Waals surface area contributed by atoms with Crippen molar-refractivity contribution in [3.05, 3.63) is 232 Å². The zero-order chi connectivity index (χ0) is 44.6. The van der Waals surface area contributed by atoms with Crippen molar-refractivity contribution in [1.82, 2.24) is 0 Å². The fourth-order valence-electron chi connectivity index (χ4n) is 12.1. The normalized spacial score (nSPS) is 15.7. The molecule has 0 fully saturated rings. The predicted octanol–water partition coefficient (Wildman–Crippen LogP) is 16.7. The molecule has 0 amide bonds. The fraction of sp³-hybridized carbons (Fsp3) is 0.238. The Morgan fingerprint density at radius 3 is 1.53 bits per heavy atom. The van der Waals surface area contributed by atoms with Gasteiger partial charge in [-0.2, -0.15) is 0 Å². The minimum absolute atomic E-state index is 0.00694. The fourth-order valence-corrected chi connectivity index (χ4v) is 12.1. The number of hydrogen-bond acceptors (Lipinski definition) is 1. The molecule has 1 heteroatoms. The summed E-state index contributed by atoms with van der Waals surface area (Å²) in [6.07, 6.45) is 0. The van der Waals surface area contributed by atoms with E-state index in [0.29, 0.717) is 0 Å². The lowest BCUT2D eigenvalue weighted by molar-refractivity contribution is 0.545. The van der Waals surface area contributed by atoms with E-state index in [1.54, 1.807) is 0 Å². The highest BCUT2D eigenvalue weighted by molar-refractivity contribution is 5.94. The Morgan fingerprint density at radius 1 is 0.359 bits per heavy atom. The van der Waals surface area contributed by atoms with Gasteiger partial charge in [-0.05, 0) is 130 Å². The molecule has 0 heterocycles. The van der Waals surface area contributed by atoms with Crippen molar-refractivity contribution in [2.45, 2.75) is 96.3 Å². The average molecular weight is 830 g/mol. The molecule has 0 aromatic heterocycles. The molecule has 3 aliphatic rings. The third-order valence-corrected chi connectivity index (χ3v) is 15.2. The van der Waals surface area contributed by atoms with E-state index >= 15 is 0 Å². The van der Waals surface area contributed by atoms with E-state index in [1.165, 1.54) is 100 Å². The predicted molar refractivity (Wildman–Crippen MR) is 271 cm³/mol. The van der Waals surface area contributed by atoms with Crippen LogP contribution < -0.4 is 4.90 Å². The van der Waals surface area contributed by atoms with Crippen LogP contribution in [0.2, 0.25) is 0 Å². The second-order valence-corrected chi connectivity index (χ2v) is 21.8. The Balaban J connectivity index is 1.20. The number of nitrogens with zero attached hydrogens (tertiary/aromatic N) is 1. The number of benzene rings is 8.